The summed E-state index contributed by atoms with van der Waals surface area (Å²) in [5.74, 6) is -5.05. The number of ether oxygens (including phenoxy) is 10. The number of anilines is 6. The van der Waals surface area contributed by atoms with Gasteiger partial charge in [-0.3, -0.25) is 53.3 Å². The third-order valence-corrected chi connectivity index (χ3v) is 16.3. The number of hydrogen-bond donors (Lipinski definition) is 12. The maximum Gasteiger partial charge on any atom is 0.320 e. The van der Waals surface area contributed by atoms with Crippen LogP contribution in [0.2, 0.25) is 0 Å². The minimum absolute atomic E-state index is 0.0112. The second kappa shape index (κ2) is 49.8. The number of imidazole rings is 4. The van der Waals surface area contributed by atoms with E-state index in [4.69, 9.17) is 47.4 Å². The van der Waals surface area contributed by atoms with Gasteiger partial charge in [0, 0.05) is 164 Å². The van der Waals surface area contributed by atoms with Crippen molar-refractivity contribution in [3.63, 3.8) is 0 Å². The number of rotatable bonds is 56. The van der Waals surface area contributed by atoms with Crippen LogP contribution < -0.4 is 63.8 Å². The van der Waals surface area contributed by atoms with E-state index in [0.29, 0.717) is 131 Å². The van der Waals surface area contributed by atoms with E-state index >= 15 is 0 Å². The first-order chi connectivity index (χ1) is 56.0. The largest absolute Gasteiger partial charge is 0.379 e. The average molecular weight is 1630 g/mol. The Morgan fingerprint density at radius 1 is 0.293 bits per heavy atom. The highest BCUT2D eigenvalue weighted by atomic mass is 16.6. The molecule has 0 bridgehead atoms. The maximum atomic E-state index is 13.3. The molecule has 0 spiro atoms. The van der Waals surface area contributed by atoms with Crippen LogP contribution in [0, 0.1) is 0 Å². The molecule has 12 N–H and O–H groups in total. The van der Waals surface area contributed by atoms with Crippen LogP contribution >= 0.6 is 0 Å². The molecule has 0 aliphatic rings. The Morgan fingerprint density at radius 3 is 1.05 bits per heavy atom. The Morgan fingerprint density at radius 2 is 0.629 bits per heavy atom. The van der Waals surface area contributed by atoms with Crippen molar-refractivity contribution in [3.05, 3.63) is 108 Å². The summed E-state index contributed by atoms with van der Waals surface area (Å²) in [4.78, 5) is 159. The van der Waals surface area contributed by atoms with Gasteiger partial charge in [-0.1, -0.05) is 0 Å². The van der Waals surface area contributed by atoms with E-state index in [1.54, 1.807) is 59.2 Å². The van der Waals surface area contributed by atoms with E-state index in [0.717, 1.165) is 0 Å². The van der Waals surface area contributed by atoms with E-state index < -0.39 is 59.2 Å². The fourth-order valence-corrected chi connectivity index (χ4v) is 10.6. The highest BCUT2D eigenvalue weighted by molar-refractivity contribution is 6.06. The molecule has 0 aliphatic heterocycles. The Kier molecular flexibility index (Phi) is 39.2. The first-order valence-electron chi connectivity index (χ1n) is 37.3. The Bertz CT molecular complexity index is 4340. The van der Waals surface area contributed by atoms with E-state index in [1.165, 1.54) is 89.8 Å². The molecule has 44 nitrogen and oxygen atoms in total. The van der Waals surface area contributed by atoms with Gasteiger partial charge in [-0.05, 0) is 25.1 Å². The second-order valence-electron chi connectivity index (χ2n) is 25.4. The summed E-state index contributed by atoms with van der Waals surface area (Å²) in [6, 6.07) is 3.66. The van der Waals surface area contributed by atoms with Crippen molar-refractivity contribution in [3.8, 4) is 0 Å². The van der Waals surface area contributed by atoms with E-state index in [1.807, 2.05) is 6.92 Å². The summed E-state index contributed by atoms with van der Waals surface area (Å²) < 4.78 is 64.7. The molecule has 12 amide bonds. The fraction of sp³-hybridized carbons (Fsp3) is 0.514. The van der Waals surface area contributed by atoms with Crippen molar-refractivity contribution in [2.24, 2.45) is 49.3 Å². The molecule has 7 aromatic rings. The van der Waals surface area contributed by atoms with Crippen LogP contribution in [-0.4, -0.2) is 288 Å². The van der Waals surface area contributed by atoms with Crippen molar-refractivity contribution >= 4 is 99.6 Å². The first-order valence-corrected chi connectivity index (χ1v) is 37.3. The number of urea groups is 1. The van der Waals surface area contributed by atoms with E-state index in [2.05, 4.69) is 83.7 Å². The number of carbonyl (C=O) groups excluding carboxylic acids is 11. The van der Waals surface area contributed by atoms with Crippen LogP contribution in [0.5, 0.6) is 0 Å². The molecule has 0 saturated heterocycles. The van der Waals surface area contributed by atoms with Crippen molar-refractivity contribution < 1.29 is 100 Å². The zero-order chi connectivity index (χ0) is 83.6. The number of hydrogen-bond acceptors (Lipinski definition) is 25. The Balaban J connectivity index is 0.668. The number of amides is 12. The van der Waals surface area contributed by atoms with Gasteiger partial charge in [-0.2, -0.15) is 0 Å². The fourth-order valence-electron chi connectivity index (χ4n) is 10.6. The minimum atomic E-state index is -0.695. The van der Waals surface area contributed by atoms with Gasteiger partial charge >= 0.3 is 6.03 Å². The standard InChI is InChI=1S/C72H105N23O21/c1-9-107-22-23-109-26-27-111-30-31-113-34-35-115-38-39-116-37-36-114-33-32-112-29-28-110-25-24-108-21-19-73-58(96)10-13-76-68(102)62-85-56(47-93(62)6)87-67(101)54-40-49(43-92(54)5)80-59(97)11-15-77-69(103)63-86-57(48-94(63)7)88-72(106)79-17-16-78-66(100)53-42-51(45-91(53)4)82-71(105)64-84-55(46-95(64)8)83-60(98)12-14-75-65(99)52-41-50(44-90(52)3)81-70(104)61-74-18-20-89(61)2/h18,20,40-48H,9-17,19,21-39H2,1-8H3,(H,73,96)(H,75,99)(H,76,102)(H,77,103)(H,78,100)(H,80,97)(H,81,104)(H,82,105)(H,83,98)(H,87,101)(H2,79,88,106). The van der Waals surface area contributed by atoms with Crippen LogP contribution in [0.1, 0.15) is 100 Å². The lowest BCUT2D eigenvalue weighted by molar-refractivity contribution is -0.121. The lowest BCUT2D eigenvalue weighted by Crippen LogP contribution is -2.37. The molecular weight excluding hydrogens is 1520 g/mol. The van der Waals surface area contributed by atoms with Crippen LogP contribution in [0.25, 0.3) is 0 Å². The molecule has 0 atom stereocenters. The molecule has 7 heterocycles. The lowest BCUT2D eigenvalue weighted by atomic mass is 10.3. The Hall–Kier alpha value is -11.8. The van der Waals surface area contributed by atoms with Gasteiger partial charge in [0.1, 0.15) is 17.1 Å². The lowest BCUT2D eigenvalue weighted by Gasteiger charge is -2.09. The molecule has 0 fully saturated rings. The van der Waals surface area contributed by atoms with Gasteiger partial charge < -0.3 is 138 Å². The molecule has 0 aliphatic carbocycles. The maximum absolute atomic E-state index is 13.3. The Labute approximate surface area is 668 Å². The van der Waals surface area contributed by atoms with Gasteiger partial charge in [0.15, 0.2) is 23.3 Å². The van der Waals surface area contributed by atoms with Crippen molar-refractivity contribution in [2.75, 3.05) is 203 Å². The number of aryl methyl sites for hydroxylation is 7. The van der Waals surface area contributed by atoms with Crippen molar-refractivity contribution in [1.29, 1.82) is 0 Å². The van der Waals surface area contributed by atoms with Crippen LogP contribution in [-0.2, 0) is 111 Å². The minimum Gasteiger partial charge on any atom is -0.379 e. The number of nitrogens with one attached hydrogen (secondary N) is 12. The second-order valence-corrected chi connectivity index (χ2v) is 25.4. The molecule has 116 heavy (non-hydrogen) atoms. The monoisotopic (exact) mass is 1630 g/mol. The molecule has 634 valence electrons. The molecule has 7 aromatic heterocycles. The summed E-state index contributed by atoms with van der Waals surface area (Å²) in [7, 11) is 11.1. The molecule has 0 aromatic carbocycles. The summed E-state index contributed by atoms with van der Waals surface area (Å²) in [6.07, 6.45) is 11.7. The third kappa shape index (κ3) is 32.3. The molecule has 7 rings (SSSR count). The van der Waals surface area contributed by atoms with Gasteiger partial charge in [0.2, 0.25) is 35.2 Å². The zero-order valence-corrected chi connectivity index (χ0v) is 66.3. The normalized spacial score (nSPS) is 11.1. The highest BCUT2D eigenvalue weighted by Crippen LogP contribution is 2.19. The number of aromatic nitrogens is 11. The predicted octanol–water partition coefficient (Wildman–Crippen LogP) is -0.116. The van der Waals surface area contributed by atoms with Gasteiger partial charge in [-0.15, -0.1) is 0 Å². The smallest absolute Gasteiger partial charge is 0.320 e. The summed E-state index contributed by atoms with van der Waals surface area (Å²) in [5, 5.41) is 31.8. The van der Waals surface area contributed by atoms with Crippen molar-refractivity contribution in [2.45, 2.75) is 26.2 Å². The first kappa shape index (κ1) is 91.4. The average Bonchev–Trinajstić information content (AvgIpc) is 1.55. The third-order valence-electron chi connectivity index (χ3n) is 16.3. The van der Waals surface area contributed by atoms with Gasteiger partial charge in [0.25, 0.3) is 41.4 Å². The van der Waals surface area contributed by atoms with Gasteiger partial charge in [0.05, 0.1) is 143 Å². The topological polar surface area (TPSA) is 510 Å². The number of nitrogens with zero attached hydrogens (tertiary/aromatic N) is 11. The molecule has 44 heteroatoms. The van der Waals surface area contributed by atoms with E-state index in [9.17, 15) is 52.7 Å². The number of carbonyl (C=O) groups is 11. The summed E-state index contributed by atoms with van der Waals surface area (Å²) in [6.45, 7) is 11.1. The van der Waals surface area contributed by atoms with E-state index in [-0.39, 0.29) is 140 Å². The summed E-state index contributed by atoms with van der Waals surface area (Å²) in [5.41, 5.74) is 1.45. The molecule has 0 radical (unpaired) electrons. The highest BCUT2D eigenvalue weighted by Gasteiger charge is 2.24. The SMILES string of the molecule is CCOCCOCCOCCOCCOCCOCCOCCOCCOCCOCCNC(=O)CCNC(=O)c1nc(NC(=O)c2cc(NC(=O)CCNC(=O)c3nc(NC(=O)NCCNC(=O)c4cc(NC(=O)c5nc(NC(=O)CCNC(=O)c6cc(NC(=O)c7nccn7C)cn6C)cn5C)cn4C)cn3C)cn2C)cn1C. The summed E-state index contributed by atoms with van der Waals surface area (Å²) >= 11 is 0. The molecular formula is C72H105N23O21. The van der Waals surface area contributed by atoms with Crippen LogP contribution in [0.15, 0.2) is 67.8 Å². The predicted molar refractivity (Wildman–Crippen MR) is 417 cm³/mol. The van der Waals surface area contributed by atoms with Crippen molar-refractivity contribution in [1.82, 2.24) is 83.8 Å². The molecule has 0 saturated carbocycles. The van der Waals surface area contributed by atoms with Crippen LogP contribution in [0.4, 0.5) is 39.3 Å². The van der Waals surface area contributed by atoms with Gasteiger partial charge in [-0.25, -0.2) is 24.7 Å². The quantitative estimate of drug-likeness (QED) is 0.0221. The molecule has 0 unspecified atom stereocenters. The van der Waals surface area contributed by atoms with Crippen LogP contribution in [0.3, 0.4) is 0 Å². The zero-order valence-electron chi connectivity index (χ0n) is 66.3.